The highest BCUT2D eigenvalue weighted by molar-refractivity contribution is 5.82. The number of amides is 1. The van der Waals surface area contributed by atoms with Crippen LogP contribution in [0.3, 0.4) is 0 Å². The summed E-state index contributed by atoms with van der Waals surface area (Å²) in [5, 5.41) is 29.1. The van der Waals surface area contributed by atoms with Crippen LogP contribution in [0.5, 0.6) is 0 Å². The van der Waals surface area contributed by atoms with Crippen molar-refractivity contribution in [1.82, 2.24) is 15.7 Å². The van der Waals surface area contributed by atoms with Gasteiger partial charge in [-0.15, -0.1) is 0 Å². The molecule has 4 N–H and O–H groups in total. The Morgan fingerprint density at radius 2 is 2.03 bits per heavy atom. The average Bonchev–Trinajstić information content (AvgIpc) is 3.24. The molecule has 1 amide bonds. The Balaban J connectivity index is 1.33. The molecule has 5 fully saturated rings. The Morgan fingerprint density at radius 1 is 1.28 bits per heavy atom. The molecule has 0 aromatic heterocycles. The van der Waals surface area contributed by atoms with E-state index >= 15 is 0 Å². The second-order valence-electron chi connectivity index (χ2n) is 12.1. The van der Waals surface area contributed by atoms with Gasteiger partial charge in [0.1, 0.15) is 12.1 Å². The first-order chi connectivity index (χ1) is 17.2. The molecule has 2 bridgehead atoms. The van der Waals surface area contributed by atoms with Crippen molar-refractivity contribution in [3.8, 4) is 0 Å². The van der Waals surface area contributed by atoms with Gasteiger partial charge < -0.3 is 25.7 Å². The highest BCUT2D eigenvalue weighted by Gasteiger charge is 2.57. The van der Waals surface area contributed by atoms with E-state index in [9.17, 15) is 15.0 Å². The normalized spacial score (nSPS) is 36.8. The van der Waals surface area contributed by atoms with Gasteiger partial charge in [0.15, 0.2) is 0 Å². The quantitative estimate of drug-likeness (QED) is 0.453. The van der Waals surface area contributed by atoms with Crippen LogP contribution in [0.1, 0.15) is 46.1 Å². The molecule has 3 aliphatic carbocycles. The molecule has 0 radical (unpaired) electrons. The monoisotopic (exact) mass is 500 g/mol. The molecule has 36 heavy (non-hydrogen) atoms. The fraction of sp³-hybridized carbons (Fsp3) is 0.750. The predicted molar refractivity (Wildman–Crippen MR) is 139 cm³/mol. The van der Waals surface area contributed by atoms with E-state index in [-0.39, 0.29) is 18.6 Å². The van der Waals surface area contributed by atoms with Gasteiger partial charge in [0.2, 0.25) is 5.91 Å². The van der Waals surface area contributed by atoms with Gasteiger partial charge >= 0.3 is 0 Å². The summed E-state index contributed by atoms with van der Waals surface area (Å²) in [6.45, 7) is 12.7. The Bertz CT molecular complexity index is 934. The van der Waals surface area contributed by atoms with Crippen molar-refractivity contribution in [2.75, 3.05) is 37.7 Å². The van der Waals surface area contributed by atoms with Crippen LogP contribution in [0.4, 0.5) is 5.69 Å². The Hall–Kier alpha value is -1.71. The van der Waals surface area contributed by atoms with Crippen molar-refractivity contribution in [2.24, 2.45) is 29.1 Å². The minimum Gasteiger partial charge on any atom is -0.394 e. The summed E-state index contributed by atoms with van der Waals surface area (Å²) in [6.07, 6.45) is 0.852. The smallest absolute Gasteiger partial charge is 0.240 e. The van der Waals surface area contributed by atoms with Crippen LogP contribution in [0.15, 0.2) is 24.3 Å². The molecule has 1 aromatic carbocycles. The number of hydroxylamine groups is 2. The zero-order chi connectivity index (χ0) is 25.6. The van der Waals surface area contributed by atoms with Crippen LogP contribution in [-0.2, 0) is 16.2 Å². The molecule has 2 aliphatic heterocycles. The van der Waals surface area contributed by atoms with Gasteiger partial charge in [0.25, 0.3) is 0 Å². The minimum absolute atomic E-state index is 0.105. The third kappa shape index (κ3) is 4.67. The minimum atomic E-state index is -0.786. The molecule has 5 aliphatic rings. The molecular formula is C28H44N4O4. The van der Waals surface area contributed by atoms with Gasteiger partial charge in [-0.05, 0) is 60.6 Å². The zero-order valence-corrected chi connectivity index (χ0v) is 22.2. The summed E-state index contributed by atoms with van der Waals surface area (Å²) in [5.41, 5.74) is 2.56. The average molecular weight is 501 g/mol. The van der Waals surface area contributed by atoms with E-state index in [1.807, 2.05) is 12.1 Å². The molecule has 200 valence electrons. The fourth-order valence-electron chi connectivity index (χ4n) is 7.44. The molecule has 8 atom stereocenters. The number of carbonyl (C=O) groups excluding carboxylic acids is 1. The highest BCUT2D eigenvalue weighted by Crippen LogP contribution is 2.61. The first-order valence-corrected chi connectivity index (χ1v) is 13.8. The van der Waals surface area contributed by atoms with Crippen LogP contribution >= 0.6 is 0 Å². The van der Waals surface area contributed by atoms with Gasteiger partial charge in [0, 0.05) is 43.8 Å². The number of hydrogen-bond donors (Lipinski definition) is 4. The van der Waals surface area contributed by atoms with Crippen LogP contribution in [0.25, 0.3) is 0 Å². The van der Waals surface area contributed by atoms with E-state index in [0.717, 1.165) is 43.9 Å². The van der Waals surface area contributed by atoms with Crippen LogP contribution in [-0.4, -0.2) is 78.3 Å². The Kier molecular flexibility index (Phi) is 7.36. The molecule has 2 heterocycles. The third-order valence-electron chi connectivity index (χ3n) is 9.79. The first kappa shape index (κ1) is 25.9. The summed E-state index contributed by atoms with van der Waals surface area (Å²) in [5.74, 6) is 1.08. The van der Waals surface area contributed by atoms with Gasteiger partial charge in [-0.1, -0.05) is 32.9 Å². The lowest BCUT2D eigenvalue weighted by Crippen LogP contribution is -2.62. The van der Waals surface area contributed by atoms with E-state index in [1.54, 1.807) is 12.0 Å². The van der Waals surface area contributed by atoms with Crippen molar-refractivity contribution in [3.05, 3.63) is 29.8 Å². The number of benzene rings is 1. The zero-order valence-electron chi connectivity index (χ0n) is 22.2. The van der Waals surface area contributed by atoms with Crippen molar-refractivity contribution >= 4 is 11.6 Å². The number of piperazine rings is 1. The van der Waals surface area contributed by atoms with E-state index < -0.39 is 24.2 Å². The summed E-state index contributed by atoms with van der Waals surface area (Å²) in [6, 6.07) is 7.85. The number of nitrogens with one attached hydrogen (secondary N) is 2. The third-order valence-corrected chi connectivity index (χ3v) is 9.79. The number of rotatable bonds is 7. The number of aliphatic hydroxyl groups excluding tert-OH is 2. The van der Waals surface area contributed by atoms with Crippen molar-refractivity contribution in [1.29, 1.82) is 0 Å². The topological polar surface area (TPSA) is 97.3 Å². The standard InChI is InChI=1S/C28H44N4O4/c1-17-22-13-20(28(22,3)4)14-23(17)30-27(35)26-25(18(2)34)24(16-33)36-32(26)15-19-6-5-7-21(12-19)31-10-8-29-9-11-31/h5-7,12,17-18,20,22-26,29,33-34H,8-11,13-16H2,1-4H3,(H,30,35)/t17-,18-,20+,22-,23?,24-,25+,26-/m0/s1. The summed E-state index contributed by atoms with van der Waals surface area (Å²) < 4.78 is 0. The lowest BCUT2D eigenvalue weighted by atomic mass is 9.45. The van der Waals surface area contributed by atoms with Crippen LogP contribution in [0.2, 0.25) is 0 Å². The lowest BCUT2D eigenvalue weighted by Gasteiger charge is -2.62. The first-order valence-electron chi connectivity index (χ1n) is 13.8. The second-order valence-corrected chi connectivity index (χ2v) is 12.1. The molecule has 0 spiro atoms. The van der Waals surface area contributed by atoms with Gasteiger partial charge in [-0.25, -0.2) is 0 Å². The second kappa shape index (κ2) is 10.2. The van der Waals surface area contributed by atoms with Gasteiger partial charge in [0.05, 0.1) is 19.3 Å². The maximum absolute atomic E-state index is 13.8. The summed E-state index contributed by atoms with van der Waals surface area (Å²) in [7, 11) is 0. The van der Waals surface area contributed by atoms with E-state index in [0.29, 0.717) is 29.7 Å². The van der Waals surface area contributed by atoms with Crippen LogP contribution in [0, 0.1) is 29.1 Å². The van der Waals surface area contributed by atoms with Crippen LogP contribution < -0.4 is 15.5 Å². The van der Waals surface area contributed by atoms with Crippen molar-refractivity contribution in [3.63, 3.8) is 0 Å². The van der Waals surface area contributed by atoms with E-state index in [2.05, 4.69) is 48.4 Å². The van der Waals surface area contributed by atoms with Gasteiger partial charge in [-0.3, -0.25) is 9.63 Å². The number of anilines is 1. The van der Waals surface area contributed by atoms with E-state index in [1.165, 1.54) is 6.42 Å². The number of nitrogens with zero attached hydrogens (tertiary/aromatic N) is 2. The number of hydrogen-bond acceptors (Lipinski definition) is 7. The Labute approximate surface area is 215 Å². The lowest BCUT2D eigenvalue weighted by molar-refractivity contribution is -0.183. The molecule has 2 saturated heterocycles. The molecule has 3 saturated carbocycles. The predicted octanol–water partition coefficient (Wildman–Crippen LogP) is 1.76. The highest BCUT2D eigenvalue weighted by atomic mass is 16.7. The van der Waals surface area contributed by atoms with Crippen molar-refractivity contribution in [2.45, 2.75) is 71.4 Å². The molecule has 8 heteroatoms. The number of carbonyl (C=O) groups is 1. The van der Waals surface area contributed by atoms with Gasteiger partial charge in [-0.2, -0.15) is 5.06 Å². The maximum atomic E-state index is 13.8. The summed E-state index contributed by atoms with van der Waals surface area (Å²) in [4.78, 5) is 22.3. The Morgan fingerprint density at radius 3 is 2.67 bits per heavy atom. The molecule has 1 unspecified atom stereocenters. The summed E-state index contributed by atoms with van der Waals surface area (Å²) >= 11 is 0. The largest absolute Gasteiger partial charge is 0.394 e. The molecule has 1 aromatic rings. The SMILES string of the molecule is C[C@H](O)[C@@H]1[C@H](CO)ON(Cc2cccc(N3CCNCC3)c2)[C@@H]1C(=O)NC1C[C@H]2C[C@@H]([C@@H]1C)C2(C)C. The van der Waals surface area contributed by atoms with E-state index in [4.69, 9.17) is 4.84 Å². The fourth-order valence-corrected chi connectivity index (χ4v) is 7.44. The molecule has 6 rings (SSSR count). The molecule has 8 nitrogen and oxygen atoms in total. The van der Waals surface area contributed by atoms with Crippen molar-refractivity contribution < 1.29 is 19.8 Å². The number of aliphatic hydroxyl groups is 2. The maximum Gasteiger partial charge on any atom is 0.240 e. The molecular weight excluding hydrogens is 456 g/mol. The number of fused-ring (bicyclic) bond motifs is 2.